The molecule has 0 radical (unpaired) electrons. The molecule has 112 valence electrons. The Balaban J connectivity index is 2.17. The van der Waals surface area contributed by atoms with Gasteiger partial charge in [-0.3, -0.25) is 9.36 Å². The average molecular weight is 291 g/mol. The molecule has 0 saturated carbocycles. The third kappa shape index (κ3) is 3.28. The van der Waals surface area contributed by atoms with Gasteiger partial charge in [0.15, 0.2) is 0 Å². The normalized spacial score (nSPS) is 12.4. The van der Waals surface area contributed by atoms with E-state index < -0.39 is 0 Å². The van der Waals surface area contributed by atoms with E-state index in [-0.39, 0.29) is 23.1 Å². The maximum absolute atomic E-state index is 13.2. The zero-order valence-corrected chi connectivity index (χ0v) is 12.3. The van der Waals surface area contributed by atoms with Crippen LogP contribution in [0.2, 0.25) is 0 Å². The zero-order valence-electron chi connectivity index (χ0n) is 12.3. The largest absolute Gasteiger partial charge is 0.330 e. The second-order valence-electron chi connectivity index (χ2n) is 5.07. The quantitative estimate of drug-likeness (QED) is 0.917. The first kappa shape index (κ1) is 15.2. The van der Waals surface area contributed by atoms with Crippen LogP contribution in [0.25, 0.3) is 0 Å². The van der Waals surface area contributed by atoms with Crippen molar-refractivity contribution in [2.75, 3.05) is 0 Å². The summed E-state index contributed by atoms with van der Waals surface area (Å²) >= 11 is 0. The van der Waals surface area contributed by atoms with Crippen LogP contribution < -0.4 is 16.6 Å². The van der Waals surface area contributed by atoms with Crippen LogP contribution in [-0.2, 0) is 20.6 Å². The van der Waals surface area contributed by atoms with Crippen LogP contribution in [0, 0.1) is 5.82 Å². The molecule has 0 bridgehead atoms. The number of benzene rings is 1. The van der Waals surface area contributed by atoms with Crippen molar-refractivity contribution in [1.29, 1.82) is 0 Å². The fourth-order valence-corrected chi connectivity index (χ4v) is 2.16. The van der Waals surface area contributed by atoms with Gasteiger partial charge in [0.1, 0.15) is 5.82 Å². The zero-order chi connectivity index (χ0) is 15.6. The second-order valence-corrected chi connectivity index (χ2v) is 5.07. The molecule has 0 unspecified atom stereocenters. The van der Waals surface area contributed by atoms with E-state index in [1.807, 2.05) is 13.0 Å². The van der Waals surface area contributed by atoms with Gasteiger partial charge in [-0.1, -0.05) is 12.1 Å². The lowest BCUT2D eigenvalue weighted by Gasteiger charge is -2.15. The molecule has 6 heteroatoms. The van der Waals surface area contributed by atoms with Crippen LogP contribution >= 0.6 is 0 Å². The average Bonchev–Trinajstić information content (AvgIpc) is 2.47. The number of nitrogens with zero attached hydrogens (tertiary/aromatic N) is 2. The summed E-state index contributed by atoms with van der Waals surface area (Å²) in [6.07, 6.45) is 1.52. The molecule has 1 aromatic carbocycles. The first-order chi connectivity index (χ1) is 9.90. The van der Waals surface area contributed by atoms with Crippen molar-refractivity contribution in [2.24, 2.45) is 14.1 Å². The molecule has 0 amide bonds. The monoisotopic (exact) mass is 291 g/mol. The Morgan fingerprint density at radius 2 is 2.00 bits per heavy atom. The molecule has 0 fully saturated rings. The van der Waals surface area contributed by atoms with E-state index in [4.69, 9.17) is 0 Å². The van der Waals surface area contributed by atoms with Crippen molar-refractivity contribution in [2.45, 2.75) is 19.5 Å². The lowest BCUT2D eigenvalue weighted by Crippen LogP contribution is -2.39. The summed E-state index contributed by atoms with van der Waals surface area (Å²) in [5.41, 5.74) is 0.610. The Morgan fingerprint density at radius 1 is 1.29 bits per heavy atom. The van der Waals surface area contributed by atoms with Gasteiger partial charge in [-0.15, -0.1) is 0 Å². The number of hydrogen-bond acceptors (Lipinski definition) is 3. The number of rotatable bonds is 4. The van der Waals surface area contributed by atoms with Crippen molar-refractivity contribution >= 4 is 0 Å². The number of hydrogen-bond donors (Lipinski definition) is 1. The molecule has 0 aliphatic heterocycles. The maximum atomic E-state index is 13.2. The van der Waals surface area contributed by atoms with E-state index in [0.717, 1.165) is 10.1 Å². The van der Waals surface area contributed by atoms with Crippen molar-refractivity contribution in [3.05, 3.63) is 68.2 Å². The first-order valence-electron chi connectivity index (χ1n) is 6.64. The second kappa shape index (κ2) is 6.05. The van der Waals surface area contributed by atoms with Gasteiger partial charge in [0, 0.05) is 38.4 Å². The number of halogens is 1. The molecule has 0 aliphatic carbocycles. The summed E-state index contributed by atoms with van der Waals surface area (Å²) in [4.78, 5) is 23.6. The highest BCUT2D eigenvalue weighted by Gasteiger charge is 2.10. The van der Waals surface area contributed by atoms with Gasteiger partial charge in [-0.25, -0.2) is 9.18 Å². The standard InChI is InChI=1S/C15H18FN3O2/c1-10(11-5-4-6-13(16)7-11)17-8-12-9-18(2)15(21)19(3)14(12)20/h4-7,9-10,17H,8H2,1-3H3/t10-/m1/s1. The molecule has 1 heterocycles. The molecular formula is C15H18FN3O2. The van der Waals surface area contributed by atoms with Crippen molar-refractivity contribution in [1.82, 2.24) is 14.5 Å². The van der Waals surface area contributed by atoms with E-state index >= 15 is 0 Å². The minimum absolute atomic E-state index is 0.109. The summed E-state index contributed by atoms with van der Waals surface area (Å²) < 4.78 is 15.6. The van der Waals surface area contributed by atoms with Crippen LogP contribution in [0.15, 0.2) is 40.1 Å². The summed E-state index contributed by atoms with van der Waals surface area (Å²) in [7, 11) is 3.05. The molecule has 0 saturated heterocycles. The van der Waals surface area contributed by atoms with Gasteiger partial charge in [0.05, 0.1) is 0 Å². The summed E-state index contributed by atoms with van der Waals surface area (Å²) in [5, 5.41) is 3.16. The fourth-order valence-electron chi connectivity index (χ4n) is 2.16. The van der Waals surface area contributed by atoms with Gasteiger partial charge in [-0.05, 0) is 24.6 Å². The van der Waals surface area contributed by atoms with Crippen LogP contribution in [0.4, 0.5) is 4.39 Å². The van der Waals surface area contributed by atoms with E-state index in [1.165, 1.54) is 29.9 Å². The lowest BCUT2D eigenvalue weighted by atomic mass is 10.1. The molecule has 1 atom stereocenters. The highest BCUT2D eigenvalue weighted by Crippen LogP contribution is 2.13. The smallest absolute Gasteiger partial charge is 0.306 e. The molecule has 2 aromatic rings. The van der Waals surface area contributed by atoms with Crippen LogP contribution in [0.1, 0.15) is 24.1 Å². The Hall–Kier alpha value is -2.21. The molecule has 2 rings (SSSR count). The Kier molecular flexibility index (Phi) is 4.37. The van der Waals surface area contributed by atoms with Gasteiger partial charge in [0.2, 0.25) is 0 Å². The molecule has 0 aliphatic rings. The molecule has 5 nitrogen and oxygen atoms in total. The van der Waals surface area contributed by atoms with E-state index in [9.17, 15) is 14.0 Å². The molecule has 21 heavy (non-hydrogen) atoms. The highest BCUT2D eigenvalue weighted by atomic mass is 19.1. The van der Waals surface area contributed by atoms with Gasteiger partial charge in [0.25, 0.3) is 5.56 Å². The van der Waals surface area contributed by atoms with Crippen molar-refractivity contribution in [3.8, 4) is 0 Å². The predicted octanol–water partition coefficient (Wildman–Crippen LogP) is 1.07. The Bertz CT molecular complexity index is 764. The van der Waals surface area contributed by atoms with Crippen LogP contribution in [0.5, 0.6) is 0 Å². The minimum atomic E-state index is -0.359. The van der Waals surface area contributed by atoms with Crippen molar-refractivity contribution in [3.63, 3.8) is 0 Å². The van der Waals surface area contributed by atoms with E-state index in [1.54, 1.807) is 13.1 Å². The molecule has 1 N–H and O–H groups in total. The minimum Gasteiger partial charge on any atom is -0.306 e. The van der Waals surface area contributed by atoms with Gasteiger partial charge in [-0.2, -0.15) is 0 Å². The summed E-state index contributed by atoms with van der Waals surface area (Å²) in [6, 6.07) is 6.20. The molecule has 1 aromatic heterocycles. The number of aryl methyl sites for hydroxylation is 1. The van der Waals surface area contributed by atoms with E-state index in [0.29, 0.717) is 12.1 Å². The summed E-state index contributed by atoms with van der Waals surface area (Å²) in [5.74, 6) is -0.292. The first-order valence-corrected chi connectivity index (χ1v) is 6.64. The van der Waals surface area contributed by atoms with Crippen LogP contribution in [-0.4, -0.2) is 9.13 Å². The number of aromatic nitrogens is 2. The topological polar surface area (TPSA) is 56.0 Å². The van der Waals surface area contributed by atoms with Crippen LogP contribution in [0.3, 0.4) is 0 Å². The fraction of sp³-hybridized carbons (Fsp3) is 0.333. The SMILES string of the molecule is C[C@@H](NCc1cn(C)c(=O)n(C)c1=O)c1cccc(F)c1. The third-order valence-corrected chi connectivity index (χ3v) is 3.46. The maximum Gasteiger partial charge on any atom is 0.330 e. The third-order valence-electron chi connectivity index (χ3n) is 3.46. The Labute approximate surface area is 121 Å². The van der Waals surface area contributed by atoms with E-state index in [2.05, 4.69) is 5.32 Å². The van der Waals surface area contributed by atoms with Gasteiger partial charge >= 0.3 is 5.69 Å². The highest BCUT2D eigenvalue weighted by molar-refractivity contribution is 5.19. The van der Waals surface area contributed by atoms with Crippen molar-refractivity contribution < 1.29 is 4.39 Å². The predicted molar refractivity (Wildman–Crippen MR) is 78.6 cm³/mol. The molecule has 0 spiro atoms. The summed E-state index contributed by atoms with van der Waals surface area (Å²) in [6.45, 7) is 2.19. The lowest BCUT2D eigenvalue weighted by molar-refractivity contribution is 0.552. The number of nitrogens with one attached hydrogen (secondary N) is 1. The Morgan fingerprint density at radius 3 is 2.67 bits per heavy atom. The molecular weight excluding hydrogens is 273 g/mol. The van der Waals surface area contributed by atoms with Gasteiger partial charge < -0.3 is 9.88 Å².